The molecule has 4 amide bonds. The smallest absolute Gasteiger partial charge is 0.325 e. The van der Waals surface area contributed by atoms with Crippen molar-refractivity contribution < 1.29 is 19.5 Å². The fourth-order valence-corrected chi connectivity index (χ4v) is 1.72. The van der Waals surface area contributed by atoms with Crippen LogP contribution in [0.1, 0.15) is 20.3 Å². The lowest BCUT2D eigenvalue weighted by Gasteiger charge is -2.22. The molecule has 0 saturated carbocycles. The molecule has 0 aromatic rings. The van der Waals surface area contributed by atoms with Crippen LogP contribution in [0.15, 0.2) is 0 Å². The Hall–Kier alpha value is -1.63. The summed E-state index contributed by atoms with van der Waals surface area (Å²) >= 11 is 0. The second-order valence-corrected chi connectivity index (χ2v) is 4.57. The highest BCUT2D eigenvalue weighted by molar-refractivity contribution is 6.04. The van der Waals surface area contributed by atoms with Gasteiger partial charge in [-0.2, -0.15) is 0 Å². The number of rotatable bonds is 6. The van der Waals surface area contributed by atoms with Crippen LogP contribution in [0.5, 0.6) is 0 Å². The second-order valence-electron chi connectivity index (χ2n) is 4.57. The molecule has 1 aliphatic heterocycles. The summed E-state index contributed by atoms with van der Waals surface area (Å²) in [6.45, 7) is 3.49. The van der Waals surface area contributed by atoms with Crippen LogP contribution in [-0.2, 0) is 9.59 Å². The summed E-state index contributed by atoms with van der Waals surface area (Å²) in [5.74, 6) is -0.629. The summed E-state index contributed by atoms with van der Waals surface area (Å²) in [7, 11) is 0. The van der Waals surface area contributed by atoms with E-state index >= 15 is 0 Å². The van der Waals surface area contributed by atoms with Crippen LogP contribution in [0.3, 0.4) is 0 Å². The Balaban J connectivity index is 2.49. The molecule has 1 heterocycles. The van der Waals surface area contributed by atoms with Crippen molar-refractivity contribution in [1.82, 2.24) is 15.5 Å². The topological polar surface area (TPSA) is 98.7 Å². The van der Waals surface area contributed by atoms with Gasteiger partial charge in [0.05, 0.1) is 6.54 Å². The number of carbonyl (C=O) groups is 3. The van der Waals surface area contributed by atoms with Crippen molar-refractivity contribution in [1.29, 1.82) is 0 Å². The Labute approximate surface area is 106 Å². The fourth-order valence-electron chi connectivity index (χ4n) is 1.72. The first-order valence-electron chi connectivity index (χ1n) is 5.94. The first kappa shape index (κ1) is 14.4. The van der Waals surface area contributed by atoms with Crippen molar-refractivity contribution in [2.45, 2.75) is 26.3 Å². The van der Waals surface area contributed by atoms with Gasteiger partial charge in [-0.1, -0.05) is 13.8 Å². The van der Waals surface area contributed by atoms with Gasteiger partial charge in [0.1, 0.15) is 6.54 Å². The third-order valence-electron chi connectivity index (χ3n) is 2.83. The molecule has 0 radical (unpaired) electrons. The summed E-state index contributed by atoms with van der Waals surface area (Å²) in [6.07, 6.45) is 0.448. The molecule has 1 fully saturated rings. The van der Waals surface area contributed by atoms with Gasteiger partial charge < -0.3 is 15.7 Å². The first-order chi connectivity index (χ1) is 8.45. The molecule has 0 aliphatic carbocycles. The van der Waals surface area contributed by atoms with Gasteiger partial charge in [0, 0.05) is 12.6 Å². The van der Waals surface area contributed by atoms with Crippen molar-refractivity contribution >= 4 is 17.8 Å². The Morgan fingerprint density at radius 2 is 2.17 bits per heavy atom. The summed E-state index contributed by atoms with van der Waals surface area (Å²) in [4.78, 5) is 35.1. The molecule has 18 heavy (non-hydrogen) atoms. The molecule has 0 bridgehead atoms. The first-order valence-corrected chi connectivity index (χ1v) is 5.94. The summed E-state index contributed by atoms with van der Waals surface area (Å²) in [6, 6.07) is -0.707. The lowest BCUT2D eigenvalue weighted by Crippen LogP contribution is -2.46. The highest BCUT2D eigenvalue weighted by atomic mass is 16.3. The molecule has 1 aliphatic rings. The summed E-state index contributed by atoms with van der Waals surface area (Å²) in [5.41, 5.74) is 0. The van der Waals surface area contributed by atoms with Crippen molar-refractivity contribution in [3.05, 3.63) is 0 Å². The monoisotopic (exact) mass is 257 g/mol. The average Bonchev–Trinajstić information content (AvgIpc) is 2.60. The molecule has 7 nitrogen and oxygen atoms in total. The van der Waals surface area contributed by atoms with Crippen molar-refractivity contribution in [3.63, 3.8) is 0 Å². The second kappa shape index (κ2) is 6.34. The minimum atomic E-state index is -0.543. The number of urea groups is 1. The predicted molar refractivity (Wildman–Crippen MR) is 63.6 cm³/mol. The van der Waals surface area contributed by atoms with E-state index in [1.165, 1.54) is 0 Å². The van der Waals surface area contributed by atoms with Gasteiger partial charge in [0.15, 0.2) is 0 Å². The van der Waals surface area contributed by atoms with Crippen LogP contribution in [0.4, 0.5) is 4.79 Å². The van der Waals surface area contributed by atoms with Gasteiger partial charge in [-0.15, -0.1) is 0 Å². The molecule has 0 spiro atoms. The number of carbonyl (C=O) groups excluding carboxylic acids is 3. The normalized spacial score (nSPS) is 17.0. The van der Waals surface area contributed by atoms with Gasteiger partial charge in [-0.25, -0.2) is 4.79 Å². The van der Waals surface area contributed by atoms with Gasteiger partial charge in [0.25, 0.3) is 5.91 Å². The predicted octanol–water partition coefficient (Wildman–Crippen LogP) is -0.939. The zero-order chi connectivity index (χ0) is 13.7. The Morgan fingerprint density at radius 1 is 1.50 bits per heavy atom. The van der Waals surface area contributed by atoms with E-state index in [2.05, 4.69) is 10.6 Å². The molecule has 7 heteroatoms. The SMILES string of the molecule is CC(C)C(CCO)NC(=O)CN1C(=O)CNC1=O. The van der Waals surface area contributed by atoms with Crippen molar-refractivity contribution in [2.75, 3.05) is 19.7 Å². The molecule has 3 N–H and O–H groups in total. The van der Waals surface area contributed by atoms with Gasteiger partial charge in [0.2, 0.25) is 5.91 Å². The Kier molecular flexibility index (Phi) is 5.08. The number of hydrogen-bond donors (Lipinski definition) is 3. The zero-order valence-corrected chi connectivity index (χ0v) is 10.6. The number of imide groups is 1. The molecular formula is C11H19N3O4. The number of nitrogens with one attached hydrogen (secondary N) is 2. The number of aliphatic hydroxyl groups excluding tert-OH is 1. The number of amides is 4. The number of nitrogens with zero attached hydrogens (tertiary/aromatic N) is 1. The van der Waals surface area contributed by atoms with Crippen LogP contribution >= 0.6 is 0 Å². The average molecular weight is 257 g/mol. The van der Waals surface area contributed by atoms with Gasteiger partial charge in [-0.05, 0) is 12.3 Å². The van der Waals surface area contributed by atoms with E-state index in [0.29, 0.717) is 6.42 Å². The van der Waals surface area contributed by atoms with E-state index in [9.17, 15) is 14.4 Å². The third-order valence-corrected chi connectivity index (χ3v) is 2.83. The number of hydrogen-bond acceptors (Lipinski definition) is 4. The molecule has 0 aromatic carbocycles. The van der Waals surface area contributed by atoms with Gasteiger partial charge in [-0.3, -0.25) is 14.5 Å². The molecule has 102 valence electrons. The molecule has 1 atom stereocenters. The minimum absolute atomic E-state index is 0.0216. The largest absolute Gasteiger partial charge is 0.396 e. The fraction of sp³-hybridized carbons (Fsp3) is 0.727. The van der Waals surface area contributed by atoms with E-state index in [-0.39, 0.29) is 31.7 Å². The maximum atomic E-state index is 11.7. The lowest BCUT2D eigenvalue weighted by atomic mass is 10.0. The van der Waals surface area contributed by atoms with E-state index in [4.69, 9.17) is 5.11 Å². The highest BCUT2D eigenvalue weighted by Gasteiger charge is 2.30. The molecule has 1 rings (SSSR count). The van der Waals surface area contributed by atoms with E-state index < -0.39 is 17.8 Å². The van der Waals surface area contributed by atoms with Crippen LogP contribution < -0.4 is 10.6 Å². The molecule has 1 saturated heterocycles. The third kappa shape index (κ3) is 3.69. The maximum Gasteiger partial charge on any atom is 0.325 e. The standard InChI is InChI=1S/C11H19N3O4/c1-7(2)8(3-4-15)13-9(16)6-14-10(17)5-12-11(14)18/h7-8,15H,3-6H2,1-2H3,(H,12,18)(H,13,16). The minimum Gasteiger partial charge on any atom is -0.396 e. The van der Waals surface area contributed by atoms with Gasteiger partial charge >= 0.3 is 6.03 Å². The van der Waals surface area contributed by atoms with Crippen LogP contribution in [0, 0.1) is 5.92 Å². The van der Waals surface area contributed by atoms with E-state index in [1.54, 1.807) is 0 Å². The zero-order valence-electron chi connectivity index (χ0n) is 10.6. The highest BCUT2D eigenvalue weighted by Crippen LogP contribution is 2.06. The lowest BCUT2D eigenvalue weighted by molar-refractivity contribution is -0.131. The Morgan fingerprint density at radius 3 is 2.61 bits per heavy atom. The molecular weight excluding hydrogens is 238 g/mol. The van der Waals surface area contributed by atoms with Crippen molar-refractivity contribution in [3.8, 4) is 0 Å². The van der Waals surface area contributed by atoms with Crippen LogP contribution in [0.25, 0.3) is 0 Å². The quantitative estimate of drug-likeness (QED) is 0.535. The molecule has 1 unspecified atom stereocenters. The summed E-state index contributed by atoms with van der Waals surface area (Å²) in [5, 5.41) is 13.9. The maximum absolute atomic E-state index is 11.7. The van der Waals surface area contributed by atoms with E-state index in [0.717, 1.165) is 4.90 Å². The molecule has 0 aromatic heterocycles. The van der Waals surface area contributed by atoms with E-state index in [1.807, 2.05) is 13.8 Å². The number of aliphatic hydroxyl groups is 1. The Bertz CT molecular complexity index is 327. The summed E-state index contributed by atoms with van der Waals surface area (Å²) < 4.78 is 0. The van der Waals surface area contributed by atoms with Crippen LogP contribution in [0.2, 0.25) is 0 Å². The van der Waals surface area contributed by atoms with Crippen molar-refractivity contribution in [2.24, 2.45) is 5.92 Å². The van der Waals surface area contributed by atoms with Crippen LogP contribution in [-0.4, -0.2) is 53.6 Å².